The minimum Gasteiger partial charge on any atom is -0.388 e. The Morgan fingerprint density at radius 1 is 1.47 bits per heavy atom. The van der Waals surface area contributed by atoms with Crippen molar-refractivity contribution >= 4 is 11.8 Å². The molecule has 1 unspecified atom stereocenters. The van der Waals surface area contributed by atoms with E-state index in [1.54, 1.807) is 14.0 Å². The maximum Gasteiger partial charge on any atom is 0.239 e. The number of carbonyl (C=O) groups excluding carboxylic acids is 2. The molecule has 0 aromatic rings. The topological polar surface area (TPSA) is 69.6 Å². The molecule has 0 rings (SSSR count). The third-order valence-electron chi connectivity index (χ3n) is 2.35. The number of aliphatic hydroxyl groups is 1. The predicted molar refractivity (Wildman–Crippen MR) is 57.2 cm³/mol. The van der Waals surface area contributed by atoms with Crippen molar-refractivity contribution in [1.29, 1.82) is 0 Å². The molecular formula is C10H20N2O3. The first-order valence-electron chi connectivity index (χ1n) is 4.99. The van der Waals surface area contributed by atoms with Crippen LogP contribution in [0.15, 0.2) is 0 Å². The lowest BCUT2D eigenvalue weighted by Gasteiger charge is -2.22. The fourth-order valence-electron chi connectivity index (χ4n) is 0.797. The number of amides is 2. The van der Waals surface area contributed by atoms with Gasteiger partial charge < -0.3 is 15.3 Å². The molecule has 0 spiro atoms. The van der Waals surface area contributed by atoms with E-state index < -0.39 is 5.60 Å². The average molecular weight is 216 g/mol. The number of hydrogen-bond acceptors (Lipinski definition) is 3. The molecule has 5 heteroatoms. The minimum atomic E-state index is -0.884. The first kappa shape index (κ1) is 13.9. The first-order chi connectivity index (χ1) is 6.78. The normalized spacial score (nSPS) is 14.2. The largest absolute Gasteiger partial charge is 0.388 e. The molecule has 0 radical (unpaired) electrons. The summed E-state index contributed by atoms with van der Waals surface area (Å²) in [7, 11) is 1.56. The van der Waals surface area contributed by atoms with Crippen LogP contribution in [0.4, 0.5) is 0 Å². The minimum absolute atomic E-state index is 0.0229. The van der Waals surface area contributed by atoms with Gasteiger partial charge in [-0.05, 0) is 13.3 Å². The van der Waals surface area contributed by atoms with Gasteiger partial charge in [0.2, 0.25) is 11.8 Å². The van der Waals surface area contributed by atoms with Crippen LogP contribution in [0.1, 0.15) is 27.2 Å². The molecule has 0 fully saturated rings. The number of rotatable bonds is 5. The number of nitrogens with zero attached hydrogens (tertiary/aromatic N) is 1. The van der Waals surface area contributed by atoms with Gasteiger partial charge in [-0.3, -0.25) is 9.59 Å². The van der Waals surface area contributed by atoms with Crippen LogP contribution in [0, 0.1) is 0 Å². The molecule has 0 aliphatic carbocycles. The first-order valence-corrected chi connectivity index (χ1v) is 4.99. The number of likely N-dealkylation sites (N-methyl/N-ethyl adjacent to an activating group) is 1. The maximum absolute atomic E-state index is 11.3. The van der Waals surface area contributed by atoms with Gasteiger partial charge in [0.15, 0.2) is 0 Å². The SMILES string of the molecule is CCC(C)(O)CNC(=O)CN(C)C(C)=O. The van der Waals surface area contributed by atoms with E-state index in [1.807, 2.05) is 6.92 Å². The Bertz CT molecular complexity index is 239. The standard InChI is InChI=1S/C10H20N2O3/c1-5-10(3,15)7-11-9(14)6-12(4)8(2)13/h15H,5-7H2,1-4H3,(H,11,14). The van der Waals surface area contributed by atoms with E-state index in [2.05, 4.69) is 5.32 Å². The molecule has 0 aromatic carbocycles. The Balaban J connectivity index is 3.91. The van der Waals surface area contributed by atoms with Crippen LogP contribution in [0.25, 0.3) is 0 Å². The summed E-state index contributed by atoms with van der Waals surface area (Å²) in [6.45, 7) is 5.12. The second-order valence-electron chi connectivity index (χ2n) is 4.00. The van der Waals surface area contributed by atoms with Gasteiger partial charge in [-0.25, -0.2) is 0 Å². The lowest BCUT2D eigenvalue weighted by molar-refractivity contribution is -0.133. The molecule has 15 heavy (non-hydrogen) atoms. The van der Waals surface area contributed by atoms with Crippen molar-refractivity contribution in [2.45, 2.75) is 32.8 Å². The van der Waals surface area contributed by atoms with Crippen molar-refractivity contribution in [1.82, 2.24) is 10.2 Å². The van der Waals surface area contributed by atoms with Crippen LogP contribution < -0.4 is 5.32 Å². The summed E-state index contributed by atoms with van der Waals surface area (Å²) >= 11 is 0. The highest BCUT2D eigenvalue weighted by atomic mass is 16.3. The van der Waals surface area contributed by atoms with Crippen LogP contribution in [0.3, 0.4) is 0 Å². The van der Waals surface area contributed by atoms with Crippen molar-refractivity contribution in [2.75, 3.05) is 20.1 Å². The lowest BCUT2D eigenvalue weighted by atomic mass is 10.0. The molecule has 2 N–H and O–H groups in total. The molecule has 0 aliphatic rings. The van der Waals surface area contributed by atoms with E-state index >= 15 is 0 Å². The van der Waals surface area contributed by atoms with Gasteiger partial charge >= 0.3 is 0 Å². The Morgan fingerprint density at radius 2 is 2.00 bits per heavy atom. The summed E-state index contributed by atoms with van der Waals surface area (Å²) < 4.78 is 0. The quantitative estimate of drug-likeness (QED) is 0.665. The maximum atomic E-state index is 11.3. The molecule has 0 bridgehead atoms. The van der Waals surface area contributed by atoms with E-state index in [9.17, 15) is 14.7 Å². The molecule has 2 amide bonds. The average Bonchev–Trinajstić information content (AvgIpc) is 2.15. The summed E-state index contributed by atoms with van der Waals surface area (Å²) in [5.74, 6) is -0.422. The Morgan fingerprint density at radius 3 is 2.40 bits per heavy atom. The highest BCUT2D eigenvalue weighted by Crippen LogP contribution is 2.05. The van der Waals surface area contributed by atoms with Gasteiger partial charge in [0.1, 0.15) is 0 Å². The fourth-order valence-corrected chi connectivity index (χ4v) is 0.797. The molecular weight excluding hydrogens is 196 g/mol. The van der Waals surface area contributed by atoms with Gasteiger partial charge in [0, 0.05) is 20.5 Å². The molecule has 5 nitrogen and oxygen atoms in total. The number of nitrogens with one attached hydrogen (secondary N) is 1. The van der Waals surface area contributed by atoms with Gasteiger partial charge in [-0.15, -0.1) is 0 Å². The van der Waals surface area contributed by atoms with Crippen molar-refractivity contribution in [3.8, 4) is 0 Å². The van der Waals surface area contributed by atoms with E-state index in [0.29, 0.717) is 6.42 Å². The summed E-state index contributed by atoms with van der Waals surface area (Å²) in [5, 5.41) is 12.2. The molecule has 0 aromatic heterocycles. The van der Waals surface area contributed by atoms with E-state index in [4.69, 9.17) is 0 Å². The monoisotopic (exact) mass is 216 g/mol. The van der Waals surface area contributed by atoms with Gasteiger partial charge in [0.05, 0.1) is 12.1 Å². The molecule has 1 atom stereocenters. The molecule has 0 aliphatic heterocycles. The molecule has 0 saturated heterocycles. The van der Waals surface area contributed by atoms with Crippen LogP contribution in [0.2, 0.25) is 0 Å². The Labute approximate surface area is 90.5 Å². The Kier molecular flexibility index (Phi) is 5.28. The summed E-state index contributed by atoms with van der Waals surface area (Å²) in [5.41, 5.74) is -0.884. The zero-order valence-corrected chi connectivity index (χ0v) is 9.83. The third kappa shape index (κ3) is 6.06. The van der Waals surface area contributed by atoms with Gasteiger partial charge in [-0.1, -0.05) is 6.92 Å². The summed E-state index contributed by atoms with van der Waals surface area (Å²) in [6.07, 6.45) is 0.565. The van der Waals surface area contributed by atoms with Gasteiger partial charge in [0.25, 0.3) is 0 Å². The Hall–Kier alpha value is -1.10. The molecule has 0 heterocycles. The molecule has 0 saturated carbocycles. The summed E-state index contributed by atoms with van der Waals surface area (Å²) in [4.78, 5) is 23.5. The zero-order valence-electron chi connectivity index (χ0n) is 9.83. The van der Waals surface area contributed by atoms with E-state index in [1.165, 1.54) is 11.8 Å². The van der Waals surface area contributed by atoms with Crippen molar-refractivity contribution in [3.63, 3.8) is 0 Å². The van der Waals surface area contributed by atoms with Crippen LogP contribution in [-0.4, -0.2) is 47.6 Å². The third-order valence-corrected chi connectivity index (χ3v) is 2.35. The second-order valence-corrected chi connectivity index (χ2v) is 4.00. The van der Waals surface area contributed by atoms with Crippen LogP contribution in [0.5, 0.6) is 0 Å². The second kappa shape index (κ2) is 5.70. The lowest BCUT2D eigenvalue weighted by Crippen LogP contribution is -2.44. The van der Waals surface area contributed by atoms with E-state index in [-0.39, 0.29) is 24.9 Å². The van der Waals surface area contributed by atoms with Crippen molar-refractivity contribution < 1.29 is 14.7 Å². The summed E-state index contributed by atoms with van der Waals surface area (Å²) in [6, 6.07) is 0. The smallest absolute Gasteiger partial charge is 0.239 e. The highest BCUT2D eigenvalue weighted by Gasteiger charge is 2.18. The van der Waals surface area contributed by atoms with Crippen molar-refractivity contribution in [2.24, 2.45) is 0 Å². The van der Waals surface area contributed by atoms with Crippen LogP contribution >= 0.6 is 0 Å². The predicted octanol–water partition coefficient (Wildman–Crippen LogP) is -0.258. The van der Waals surface area contributed by atoms with Crippen molar-refractivity contribution in [3.05, 3.63) is 0 Å². The van der Waals surface area contributed by atoms with E-state index in [0.717, 1.165) is 0 Å². The number of carbonyl (C=O) groups is 2. The highest BCUT2D eigenvalue weighted by molar-refractivity contribution is 5.83. The molecule has 88 valence electrons. The zero-order chi connectivity index (χ0) is 12.1. The number of hydrogen-bond donors (Lipinski definition) is 2. The van der Waals surface area contributed by atoms with Crippen LogP contribution in [-0.2, 0) is 9.59 Å². The van der Waals surface area contributed by atoms with Gasteiger partial charge in [-0.2, -0.15) is 0 Å². The fraction of sp³-hybridized carbons (Fsp3) is 0.800.